The van der Waals surface area contributed by atoms with Crippen molar-refractivity contribution in [2.45, 2.75) is 6.61 Å². The van der Waals surface area contributed by atoms with E-state index in [1.54, 1.807) is 18.2 Å². The number of nitrogens with zero attached hydrogens (tertiary/aromatic N) is 4. The summed E-state index contributed by atoms with van der Waals surface area (Å²) < 4.78 is 21.0. The Kier molecular flexibility index (Phi) is 5.13. The molecule has 0 amide bonds. The Balaban J connectivity index is 1.64. The molecule has 0 atom stereocenters. The van der Waals surface area contributed by atoms with Crippen molar-refractivity contribution in [2.24, 2.45) is 0 Å². The Morgan fingerprint density at radius 3 is 2.59 bits per heavy atom. The minimum Gasteiger partial charge on any atom is -0.484 e. The standard InChI is InChI=1S/C16H7Cl4FN4OS/c17-7-1-2-13(11(20)3-7)26-6-14-22-23-16-25(14)24-15(27-16)8-4-12(21)10(19)5-9(8)18/h1-5H,6H2. The van der Waals surface area contributed by atoms with E-state index in [-0.39, 0.29) is 16.7 Å². The molecule has 0 bridgehead atoms. The van der Waals surface area contributed by atoms with Gasteiger partial charge in [-0.05, 0) is 30.3 Å². The number of fused-ring (bicyclic) bond motifs is 1. The zero-order chi connectivity index (χ0) is 19.1. The maximum atomic E-state index is 13.8. The van der Waals surface area contributed by atoms with Crippen LogP contribution in [0, 0.1) is 5.82 Å². The van der Waals surface area contributed by atoms with Gasteiger partial charge in [0, 0.05) is 10.6 Å². The average Bonchev–Trinajstić information content (AvgIpc) is 3.18. The van der Waals surface area contributed by atoms with E-state index in [9.17, 15) is 4.39 Å². The molecule has 4 rings (SSSR count). The van der Waals surface area contributed by atoms with Gasteiger partial charge in [0.1, 0.15) is 23.2 Å². The first-order valence-corrected chi connectivity index (χ1v) is 9.69. The largest absolute Gasteiger partial charge is 0.484 e. The number of benzene rings is 2. The van der Waals surface area contributed by atoms with Gasteiger partial charge in [0.2, 0.25) is 4.96 Å². The first kappa shape index (κ1) is 18.7. The van der Waals surface area contributed by atoms with Crippen LogP contribution in [0.2, 0.25) is 20.1 Å². The zero-order valence-corrected chi connectivity index (χ0v) is 16.9. The fraction of sp³-hybridized carbons (Fsp3) is 0.0625. The Morgan fingerprint density at radius 1 is 1.00 bits per heavy atom. The first-order valence-electron chi connectivity index (χ1n) is 7.36. The molecule has 0 saturated carbocycles. The lowest BCUT2D eigenvalue weighted by Crippen LogP contribution is -2.02. The highest BCUT2D eigenvalue weighted by Gasteiger charge is 2.17. The number of aromatic nitrogens is 4. The highest BCUT2D eigenvalue weighted by Crippen LogP contribution is 2.35. The summed E-state index contributed by atoms with van der Waals surface area (Å²) in [5.41, 5.74) is 0.418. The summed E-state index contributed by atoms with van der Waals surface area (Å²) in [7, 11) is 0. The van der Waals surface area contributed by atoms with Crippen molar-refractivity contribution < 1.29 is 9.13 Å². The Labute approximate surface area is 176 Å². The summed E-state index contributed by atoms with van der Waals surface area (Å²) in [6.45, 7) is 0.0778. The molecule has 11 heteroatoms. The SMILES string of the molecule is Fc1cc(-c2nn3c(COc4ccc(Cl)cc4Cl)nnc3s2)c(Cl)cc1Cl. The molecule has 0 unspecified atom stereocenters. The van der Waals surface area contributed by atoms with E-state index in [0.717, 1.165) is 0 Å². The van der Waals surface area contributed by atoms with E-state index in [2.05, 4.69) is 15.3 Å². The highest BCUT2D eigenvalue weighted by molar-refractivity contribution is 7.19. The lowest BCUT2D eigenvalue weighted by atomic mass is 10.2. The monoisotopic (exact) mass is 462 g/mol. The maximum Gasteiger partial charge on any atom is 0.235 e. The van der Waals surface area contributed by atoms with Gasteiger partial charge in [0.15, 0.2) is 5.82 Å². The molecule has 0 radical (unpaired) electrons. The van der Waals surface area contributed by atoms with Gasteiger partial charge in [-0.2, -0.15) is 9.61 Å². The van der Waals surface area contributed by atoms with E-state index >= 15 is 0 Å². The molecule has 138 valence electrons. The number of ether oxygens (including phenoxy) is 1. The van der Waals surface area contributed by atoms with Crippen LogP contribution in [-0.2, 0) is 6.61 Å². The van der Waals surface area contributed by atoms with Crippen LogP contribution in [0.4, 0.5) is 4.39 Å². The molecule has 2 aromatic heterocycles. The molecule has 0 fully saturated rings. The molecule has 5 nitrogen and oxygen atoms in total. The third kappa shape index (κ3) is 3.70. The van der Waals surface area contributed by atoms with Crippen molar-refractivity contribution >= 4 is 62.7 Å². The Hall–Kier alpha value is -1.64. The smallest absolute Gasteiger partial charge is 0.235 e. The van der Waals surface area contributed by atoms with Crippen LogP contribution in [0.5, 0.6) is 5.75 Å². The van der Waals surface area contributed by atoms with E-state index in [0.29, 0.717) is 37.2 Å². The molecule has 0 aliphatic heterocycles. The summed E-state index contributed by atoms with van der Waals surface area (Å²) in [5, 5.41) is 14.1. The van der Waals surface area contributed by atoms with Crippen LogP contribution >= 0.6 is 57.7 Å². The van der Waals surface area contributed by atoms with Gasteiger partial charge >= 0.3 is 0 Å². The summed E-state index contributed by atoms with van der Waals surface area (Å²) >= 11 is 25.1. The molecule has 2 aromatic carbocycles. The second-order valence-corrected chi connectivity index (χ2v) is 7.94. The van der Waals surface area contributed by atoms with Crippen LogP contribution in [0.3, 0.4) is 0 Å². The molecule has 27 heavy (non-hydrogen) atoms. The van der Waals surface area contributed by atoms with Crippen LogP contribution in [0.1, 0.15) is 5.82 Å². The highest BCUT2D eigenvalue weighted by atomic mass is 35.5. The average molecular weight is 464 g/mol. The first-order chi connectivity index (χ1) is 12.9. The Bertz CT molecular complexity index is 1160. The number of hydrogen-bond donors (Lipinski definition) is 0. The topological polar surface area (TPSA) is 52.3 Å². The number of rotatable bonds is 4. The fourth-order valence-electron chi connectivity index (χ4n) is 2.28. The molecule has 0 aliphatic carbocycles. The number of halogens is 5. The van der Waals surface area contributed by atoms with Gasteiger partial charge in [0.05, 0.1) is 15.1 Å². The third-order valence-electron chi connectivity index (χ3n) is 3.55. The number of hydrogen-bond acceptors (Lipinski definition) is 5. The fourth-order valence-corrected chi connectivity index (χ4v) is 4.16. The lowest BCUT2D eigenvalue weighted by Gasteiger charge is -2.06. The van der Waals surface area contributed by atoms with E-state index in [1.165, 1.54) is 28.0 Å². The van der Waals surface area contributed by atoms with Gasteiger partial charge in [-0.3, -0.25) is 0 Å². The quantitative estimate of drug-likeness (QED) is 0.339. The van der Waals surface area contributed by atoms with Crippen LogP contribution in [0.25, 0.3) is 15.5 Å². The molecule has 0 saturated heterocycles. The second-order valence-electron chi connectivity index (χ2n) is 5.33. The van der Waals surface area contributed by atoms with Gasteiger partial charge in [-0.15, -0.1) is 10.2 Å². The second kappa shape index (κ2) is 7.41. The van der Waals surface area contributed by atoms with Crippen molar-refractivity contribution in [3.8, 4) is 16.3 Å². The summed E-state index contributed by atoms with van der Waals surface area (Å²) in [6.07, 6.45) is 0. The predicted molar refractivity (Wildman–Crippen MR) is 105 cm³/mol. The summed E-state index contributed by atoms with van der Waals surface area (Å²) in [4.78, 5) is 0.511. The van der Waals surface area contributed by atoms with Gasteiger partial charge in [-0.1, -0.05) is 57.7 Å². The lowest BCUT2D eigenvalue weighted by molar-refractivity contribution is 0.293. The molecule has 4 aromatic rings. The zero-order valence-electron chi connectivity index (χ0n) is 13.1. The minimum absolute atomic E-state index is 0.0549. The van der Waals surface area contributed by atoms with Gasteiger partial charge < -0.3 is 4.74 Å². The van der Waals surface area contributed by atoms with Gasteiger partial charge in [0.25, 0.3) is 0 Å². The van der Waals surface area contributed by atoms with E-state index < -0.39 is 5.82 Å². The minimum atomic E-state index is -0.581. The van der Waals surface area contributed by atoms with Crippen LogP contribution < -0.4 is 4.74 Å². The molecular weight excluding hydrogens is 457 g/mol. The van der Waals surface area contributed by atoms with E-state index in [1.807, 2.05) is 0 Å². The van der Waals surface area contributed by atoms with Crippen molar-refractivity contribution in [3.63, 3.8) is 0 Å². The van der Waals surface area contributed by atoms with E-state index in [4.69, 9.17) is 51.1 Å². The molecule has 0 aliphatic rings. The maximum absolute atomic E-state index is 13.8. The molecule has 2 heterocycles. The normalized spacial score (nSPS) is 11.3. The third-order valence-corrected chi connectivity index (χ3v) is 5.61. The van der Waals surface area contributed by atoms with Crippen molar-refractivity contribution in [1.29, 1.82) is 0 Å². The van der Waals surface area contributed by atoms with Crippen molar-refractivity contribution in [2.75, 3.05) is 0 Å². The molecule has 0 spiro atoms. The van der Waals surface area contributed by atoms with Crippen molar-refractivity contribution in [3.05, 3.63) is 62.1 Å². The summed E-state index contributed by atoms with van der Waals surface area (Å²) in [5.74, 6) is 0.322. The Morgan fingerprint density at radius 2 is 1.81 bits per heavy atom. The summed E-state index contributed by atoms with van der Waals surface area (Å²) in [6, 6.07) is 7.48. The predicted octanol–water partition coefficient (Wildman–Crippen LogP) is 6.18. The van der Waals surface area contributed by atoms with Gasteiger partial charge in [-0.25, -0.2) is 4.39 Å². The molecule has 0 N–H and O–H groups in total. The molecular formula is C16H7Cl4FN4OS. The van der Waals surface area contributed by atoms with Crippen LogP contribution in [-0.4, -0.2) is 19.8 Å². The van der Waals surface area contributed by atoms with Crippen molar-refractivity contribution in [1.82, 2.24) is 19.8 Å². The van der Waals surface area contributed by atoms with Crippen LogP contribution in [0.15, 0.2) is 30.3 Å².